The van der Waals surface area contributed by atoms with Gasteiger partial charge >= 0.3 is 10.2 Å². The van der Waals surface area contributed by atoms with Gasteiger partial charge in [0, 0.05) is 23.8 Å². The summed E-state index contributed by atoms with van der Waals surface area (Å²) in [5.74, 6) is 0.898. The van der Waals surface area contributed by atoms with Crippen LogP contribution in [-0.2, 0) is 10.2 Å². The third-order valence-corrected chi connectivity index (χ3v) is 5.54. The molecule has 2 N–H and O–H groups in total. The highest BCUT2D eigenvalue weighted by Crippen LogP contribution is 2.20. The molecule has 1 aromatic rings. The lowest BCUT2D eigenvalue weighted by atomic mass is 9.98. The lowest BCUT2D eigenvalue weighted by molar-refractivity contribution is 0.269. The average Bonchev–Trinajstić information content (AvgIpc) is 2.48. The largest absolute Gasteiger partial charge is 0.317 e. The lowest BCUT2D eigenvalue weighted by Gasteiger charge is -2.31. The van der Waals surface area contributed by atoms with Gasteiger partial charge in [0.25, 0.3) is 0 Å². The van der Waals surface area contributed by atoms with Crippen LogP contribution >= 0.6 is 15.9 Å². The Hall–Kier alpha value is -0.700. The van der Waals surface area contributed by atoms with Crippen LogP contribution in [0.15, 0.2) is 22.8 Å². The van der Waals surface area contributed by atoms with Crippen LogP contribution in [0.2, 0.25) is 0 Å². The van der Waals surface area contributed by atoms with Crippen LogP contribution in [0.1, 0.15) is 19.8 Å². The highest BCUT2D eigenvalue weighted by atomic mass is 79.9. The summed E-state index contributed by atoms with van der Waals surface area (Å²) in [6.07, 6.45) is 3.35. The van der Waals surface area contributed by atoms with Gasteiger partial charge in [0.15, 0.2) is 0 Å². The zero-order valence-electron chi connectivity index (χ0n) is 12.0. The number of piperidine rings is 1. The van der Waals surface area contributed by atoms with Crippen molar-refractivity contribution in [2.75, 3.05) is 30.9 Å². The minimum atomic E-state index is -3.51. The topological polar surface area (TPSA) is 74.3 Å². The fourth-order valence-corrected chi connectivity index (χ4v) is 3.78. The second-order valence-corrected chi connectivity index (χ2v) is 7.71. The first-order chi connectivity index (χ1) is 10.0. The maximum Gasteiger partial charge on any atom is 0.302 e. The van der Waals surface area contributed by atoms with Gasteiger partial charge in [-0.2, -0.15) is 12.7 Å². The normalized spacial score (nSPS) is 17.8. The number of aromatic nitrogens is 1. The maximum atomic E-state index is 12.3. The van der Waals surface area contributed by atoms with E-state index in [2.05, 4.69) is 37.9 Å². The van der Waals surface area contributed by atoms with Gasteiger partial charge in [0.1, 0.15) is 5.82 Å². The molecule has 118 valence electrons. The molecule has 0 amide bonds. The Bertz CT molecular complexity index is 542. The molecule has 0 atom stereocenters. The molecule has 21 heavy (non-hydrogen) atoms. The molecule has 0 spiro atoms. The molecular weight excluding hydrogens is 356 g/mol. The molecule has 2 heterocycles. The number of nitrogens with one attached hydrogen (secondary N) is 2. The third-order valence-electron chi connectivity index (χ3n) is 3.56. The van der Waals surface area contributed by atoms with E-state index in [0.717, 1.165) is 30.4 Å². The zero-order valence-corrected chi connectivity index (χ0v) is 14.5. The van der Waals surface area contributed by atoms with E-state index < -0.39 is 10.2 Å². The van der Waals surface area contributed by atoms with E-state index >= 15 is 0 Å². The van der Waals surface area contributed by atoms with E-state index in [1.54, 1.807) is 18.3 Å². The predicted molar refractivity (Wildman–Crippen MR) is 87.3 cm³/mol. The molecule has 6 nitrogen and oxygen atoms in total. The standard InChI is InChI=1S/C13H21BrN4O2S/c1-2-15-9-11-5-7-18(8-6-11)21(19,20)17-13-4-3-12(14)10-16-13/h3-4,10-11,15H,2,5-9H2,1H3,(H,16,17). The van der Waals surface area contributed by atoms with Gasteiger partial charge in [-0.25, -0.2) is 4.98 Å². The van der Waals surface area contributed by atoms with Gasteiger partial charge in [-0.15, -0.1) is 0 Å². The second kappa shape index (κ2) is 7.53. The highest BCUT2D eigenvalue weighted by molar-refractivity contribution is 9.10. The fourth-order valence-electron chi connectivity index (χ4n) is 2.34. The van der Waals surface area contributed by atoms with Gasteiger partial charge in [-0.3, -0.25) is 4.72 Å². The molecule has 1 aromatic heterocycles. The molecule has 1 aliphatic rings. The van der Waals surface area contributed by atoms with Crippen molar-refractivity contribution < 1.29 is 8.42 Å². The zero-order chi connectivity index (χ0) is 15.3. The van der Waals surface area contributed by atoms with E-state index in [4.69, 9.17) is 0 Å². The monoisotopic (exact) mass is 376 g/mol. The molecule has 0 unspecified atom stereocenters. The Labute approximate surface area is 134 Å². The summed E-state index contributed by atoms with van der Waals surface area (Å²) in [5.41, 5.74) is 0. The molecule has 0 aliphatic carbocycles. The van der Waals surface area contributed by atoms with Crippen molar-refractivity contribution in [3.05, 3.63) is 22.8 Å². The molecule has 0 saturated carbocycles. The summed E-state index contributed by atoms with van der Waals surface area (Å²) < 4.78 is 29.5. The minimum Gasteiger partial charge on any atom is -0.317 e. The Balaban J connectivity index is 1.90. The van der Waals surface area contributed by atoms with Gasteiger partial charge < -0.3 is 5.32 Å². The van der Waals surface area contributed by atoms with Crippen molar-refractivity contribution in [2.45, 2.75) is 19.8 Å². The quantitative estimate of drug-likeness (QED) is 0.793. The first kappa shape index (κ1) is 16.7. The molecule has 1 fully saturated rings. The number of rotatable bonds is 6. The fraction of sp³-hybridized carbons (Fsp3) is 0.615. The summed E-state index contributed by atoms with van der Waals surface area (Å²) >= 11 is 3.27. The van der Waals surface area contributed by atoms with E-state index in [-0.39, 0.29) is 0 Å². The minimum absolute atomic E-state index is 0.341. The van der Waals surface area contributed by atoms with Crippen molar-refractivity contribution in [2.24, 2.45) is 5.92 Å². The molecule has 0 radical (unpaired) electrons. The van der Waals surface area contributed by atoms with E-state index in [0.29, 0.717) is 24.8 Å². The SMILES string of the molecule is CCNCC1CCN(S(=O)(=O)Nc2ccc(Br)cn2)CC1. The number of pyridine rings is 1. The van der Waals surface area contributed by atoms with Crippen LogP contribution in [0.25, 0.3) is 0 Å². The number of hydrogen-bond acceptors (Lipinski definition) is 4. The van der Waals surface area contributed by atoms with E-state index in [9.17, 15) is 8.42 Å². The van der Waals surface area contributed by atoms with E-state index in [1.165, 1.54) is 4.31 Å². The van der Waals surface area contributed by atoms with Gasteiger partial charge in [-0.05, 0) is 59.9 Å². The molecule has 1 aliphatic heterocycles. The molecule has 0 aromatic carbocycles. The molecule has 1 saturated heterocycles. The number of halogens is 1. The summed E-state index contributed by atoms with van der Waals surface area (Å²) in [7, 11) is -3.51. The molecular formula is C13H21BrN4O2S. The lowest BCUT2D eigenvalue weighted by Crippen LogP contribution is -2.43. The van der Waals surface area contributed by atoms with Crippen molar-refractivity contribution in [1.29, 1.82) is 0 Å². The highest BCUT2D eigenvalue weighted by Gasteiger charge is 2.27. The Morgan fingerprint density at radius 2 is 2.10 bits per heavy atom. The smallest absolute Gasteiger partial charge is 0.302 e. The van der Waals surface area contributed by atoms with E-state index in [1.807, 2.05) is 0 Å². The molecule has 2 rings (SSSR count). The predicted octanol–water partition coefficient (Wildman–Crippen LogP) is 1.82. The summed E-state index contributed by atoms with van der Waals surface area (Å²) in [5, 5.41) is 3.32. The average molecular weight is 377 g/mol. The van der Waals surface area contributed by atoms with Gasteiger partial charge in [-0.1, -0.05) is 6.92 Å². The van der Waals surface area contributed by atoms with Crippen LogP contribution in [0.3, 0.4) is 0 Å². The van der Waals surface area contributed by atoms with Crippen molar-refractivity contribution >= 4 is 32.0 Å². The van der Waals surface area contributed by atoms with Crippen molar-refractivity contribution in [1.82, 2.24) is 14.6 Å². The third kappa shape index (κ3) is 4.91. The Kier molecular flexibility index (Phi) is 5.98. The summed E-state index contributed by atoms with van der Waals surface area (Å²) in [6.45, 7) is 5.11. The Morgan fingerprint density at radius 3 is 2.67 bits per heavy atom. The maximum absolute atomic E-state index is 12.3. The first-order valence-corrected chi connectivity index (χ1v) is 9.34. The number of anilines is 1. The van der Waals surface area contributed by atoms with Crippen LogP contribution in [0.5, 0.6) is 0 Å². The summed E-state index contributed by atoms with van der Waals surface area (Å²) in [4.78, 5) is 4.04. The van der Waals surface area contributed by atoms with Crippen LogP contribution in [0.4, 0.5) is 5.82 Å². The number of hydrogen-bond donors (Lipinski definition) is 2. The Morgan fingerprint density at radius 1 is 1.38 bits per heavy atom. The van der Waals surface area contributed by atoms with Crippen LogP contribution in [-0.4, -0.2) is 43.9 Å². The second-order valence-electron chi connectivity index (χ2n) is 5.12. The van der Waals surface area contributed by atoms with Crippen LogP contribution in [0, 0.1) is 5.92 Å². The number of nitrogens with zero attached hydrogens (tertiary/aromatic N) is 2. The summed E-state index contributed by atoms with van der Waals surface area (Å²) in [6, 6.07) is 3.40. The molecule has 0 bridgehead atoms. The van der Waals surface area contributed by atoms with Gasteiger partial charge in [0.2, 0.25) is 0 Å². The van der Waals surface area contributed by atoms with Crippen molar-refractivity contribution in [3.8, 4) is 0 Å². The first-order valence-electron chi connectivity index (χ1n) is 7.11. The molecule has 8 heteroatoms. The van der Waals surface area contributed by atoms with Crippen LogP contribution < -0.4 is 10.0 Å². The van der Waals surface area contributed by atoms with Gasteiger partial charge in [0.05, 0.1) is 0 Å². The van der Waals surface area contributed by atoms with Crippen molar-refractivity contribution in [3.63, 3.8) is 0 Å².